The zero-order valence-corrected chi connectivity index (χ0v) is 21.6. The van der Waals surface area contributed by atoms with E-state index in [9.17, 15) is 4.79 Å². The first-order chi connectivity index (χ1) is 18.3. The first-order valence-corrected chi connectivity index (χ1v) is 12.4. The molecule has 0 unspecified atom stereocenters. The molecule has 0 aliphatic rings. The number of benzene rings is 2. The Labute approximate surface area is 219 Å². The molecule has 0 saturated carbocycles. The molecule has 8 heteroatoms. The summed E-state index contributed by atoms with van der Waals surface area (Å²) in [7, 11) is 0. The number of anilines is 1. The summed E-state index contributed by atoms with van der Waals surface area (Å²) >= 11 is 0. The zero-order chi connectivity index (χ0) is 26.4. The lowest BCUT2D eigenvalue weighted by atomic mass is 9.95. The number of aromatic amines is 2. The summed E-state index contributed by atoms with van der Waals surface area (Å²) in [5.74, 6) is 0.562. The maximum absolute atomic E-state index is 12.5. The zero-order valence-electron chi connectivity index (χ0n) is 21.6. The van der Waals surface area contributed by atoms with E-state index in [2.05, 4.69) is 62.7 Å². The molecule has 1 amide bonds. The highest BCUT2D eigenvalue weighted by molar-refractivity contribution is 5.97. The van der Waals surface area contributed by atoms with Crippen LogP contribution in [-0.2, 0) is 4.79 Å². The Bertz CT molecular complexity index is 1820. The number of amides is 1. The number of aryl methyl sites for hydroxylation is 1. The Morgan fingerprint density at radius 1 is 0.868 bits per heavy atom. The van der Waals surface area contributed by atoms with Crippen molar-refractivity contribution >= 4 is 33.7 Å². The first kappa shape index (κ1) is 23.5. The van der Waals surface area contributed by atoms with Gasteiger partial charge in [-0.2, -0.15) is 5.10 Å². The number of carbonyl (C=O) groups excluding carboxylic acids is 1. The number of para-hydroxylation sites is 1. The highest BCUT2D eigenvalue weighted by Gasteiger charge is 2.22. The van der Waals surface area contributed by atoms with Crippen LogP contribution in [0, 0.1) is 12.3 Å². The smallest absolute Gasteiger partial charge is 0.229 e. The number of aromatic nitrogens is 6. The van der Waals surface area contributed by atoms with Crippen molar-refractivity contribution in [3.63, 3.8) is 0 Å². The van der Waals surface area contributed by atoms with E-state index in [4.69, 9.17) is 9.97 Å². The molecule has 0 radical (unpaired) electrons. The standard InChI is InChI=1S/C30H27N7O/c1-17-7-5-8-18(13-17)21-9-6-10-23-25(21)35-28(34-23)27-26-24(36-37-27)12-11-22(33-26)19-14-20(16-31-15-19)32-29(38)30(2,3)4/h5-16H,1-4H3,(H,32,38)(H,34,35)(H,36,37). The number of pyridine rings is 2. The summed E-state index contributed by atoms with van der Waals surface area (Å²) in [6.07, 6.45) is 3.37. The van der Waals surface area contributed by atoms with Gasteiger partial charge in [-0.05, 0) is 36.8 Å². The molecule has 4 heterocycles. The molecule has 6 aromatic rings. The third-order valence-corrected chi connectivity index (χ3v) is 6.45. The fourth-order valence-corrected chi connectivity index (χ4v) is 4.38. The number of carbonyl (C=O) groups is 1. The van der Waals surface area contributed by atoms with Gasteiger partial charge in [-0.3, -0.25) is 14.9 Å². The van der Waals surface area contributed by atoms with Gasteiger partial charge in [0.15, 0.2) is 11.5 Å². The van der Waals surface area contributed by atoms with Crippen molar-refractivity contribution in [3.05, 3.63) is 78.6 Å². The molecule has 3 N–H and O–H groups in total. The summed E-state index contributed by atoms with van der Waals surface area (Å²) in [6, 6.07) is 20.2. The predicted octanol–water partition coefficient (Wildman–Crippen LogP) is 6.52. The van der Waals surface area contributed by atoms with Crippen LogP contribution in [0.25, 0.3) is 56.0 Å². The lowest BCUT2D eigenvalue weighted by Gasteiger charge is -2.17. The minimum absolute atomic E-state index is 0.0769. The molecule has 4 aromatic heterocycles. The molecule has 0 atom stereocenters. The van der Waals surface area contributed by atoms with Gasteiger partial charge in [0.05, 0.1) is 34.1 Å². The number of hydrogen-bond donors (Lipinski definition) is 3. The fraction of sp³-hybridized carbons (Fsp3) is 0.167. The van der Waals surface area contributed by atoms with E-state index in [-0.39, 0.29) is 5.91 Å². The predicted molar refractivity (Wildman–Crippen MR) is 150 cm³/mol. The largest absolute Gasteiger partial charge is 0.336 e. The van der Waals surface area contributed by atoms with Gasteiger partial charge >= 0.3 is 0 Å². The molecular formula is C30H27N7O. The number of nitrogens with zero attached hydrogens (tertiary/aromatic N) is 4. The van der Waals surface area contributed by atoms with Gasteiger partial charge in [-0.15, -0.1) is 0 Å². The molecule has 0 saturated heterocycles. The minimum atomic E-state index is -0.509. The summed E-state index contributed by atoms with van der Waals surface area (Å²) in [6.45, 7) is 7.70. The van der Waals surface area contributed by atoms with E-state index in [0.29, 0.717) is 22.7 Å². The lowest BCUT2D eigenvalue weighted by Crippen LogP contribution is -2.27. The quantitative estimate of drug-likeness (QED) is 0.254. The van der Waals surface area contributed by atoms with Crippen molar-refractivity contribution in [1.29, 1.82) is 0 Å². The van der Waals surface area contributed by atoms with Crippen LogP contribution in [0.2, 0.25) is 0 Å². The normalized spacial score (nSPS) is 11.8. The third-order valence-electron chi connectivity index (χ3n) is 6.45. The van der Waals surface area contributed by atoms with Crippen molar-refractivity contribution in [3.8, 4) is 33.9 Å². The number of fused-ring (bicyclic) bond motifs is 2. The van der Waals surface area contributed by atoms with Gasteiger partial charge in [0, 0.05) is 22.7 Å². The second-order valence-corrected chi connectivity index (χ2v) is 10.5. The van der Waals surface area contributed by atoms with Crippen molar-refractivity contribution in [2.24, 2.45) is 5.41 Å². The topological polar surface area (TPSA) is 112 Å². The molecule has 188 valence electrons. The van der Waals surface area contributed by atoms with Gasteiger partial charge < -0.3 is 10.3 Å². The molecule has 6 rings (SSSR count). The molecule has 38 heavy (non-hydrogen) atoms. The van der Waals surface area contributed by atoms with Crippen LogP contribution in [-0.4, -0.2) is 36.0 Å². The van der Waals surface area contributed by atoms with E-state index in [1.165, 1.54) is 5.56 Å². The maximum Gasteiger partial charge on any atom is 0.229 e. The molecule has 2 aromatic carbocycles. The Morgan fingerprint density at radius 2 is 1.71 bits per heavy atom. The van der Waals surface area contributed by atoms with E-state index in [1.54, 1.807) is 12.4 Å². The van der Waals surface area contributed by atoms with Gasteiger partial charge in [-0.1, -0.05) is 62.7 Å². The molecule has 8 nitrogen and oxygen atoms in total. The summed E-state index contributed by atoms with van der Waals surface area (Å²) in [5.41, 5.74) is 8.94. The van der Waals surface area contributed by atoms with Crippen LogP contribution >= 0.6 is 0 Å². The second kappa shape index (κ2) is 8.92. The Morgan fingerprint density at radius 3 is 2.53 bits per heavy atom. The van der Waals surface area contributed by atoms with Gasteiger partial charge in [0.1, 0.15) is 5.52 Å². The second-order valence-electron chi connectivity index (χ2n) is 10.5. The van der Waals surface area contributed by atoms with E-state index in [0.717, 1.165) is 38.9 Å². The molecular weight excluding hydrogens is 474 g/mol. The average Bonchev–Trinajstić information content (AvgIpc) is 3.52. The van der Waals surface area contributed by atoms with Crippen molar-refractivity contribution in [2.75, 3.05) is 5.32 Å². The Hall–Kier alpha value is -4.85. The summed E-state index contributed by atoms with van der Waals surface area (Å²) in [5, 5.41) is 10.6. The Balaban J connectivity index is 1.40. The molecule has 0 bridgehead atoms. The van der Waals surface area contributed by atoms with Gasteiger partial charge in [0.2, 0.25) is 5.91 Å². The van der Waals surface area contributed by atoms with Gasteiger partial charge in [0.25, 0.3) is 0 Å². The summed E-state index contributed by atoms with van der Waals surface area (Å²) < 4.78 is 0. The number of H-pyrrole nitrogens is 2. The number of nitrogens with one attached hydrogen (secondary N) is 3. The van der Waals surface area contributed by atoms with Crippen LogP contribution in [0.3, 0.4) is 0 Å². The van der Waals surface area contributed by atoms with Crippen molar-refractivity contribution in [2.45, 2.75) is 27.7 Å². The summed E-state index contributed by atoms with van der Waals surface area (Å²) in [4.78, 5) is 30.1. The van der Waals surface area contributed by atoms with Crippen LogP contribution < -0.4 is 5.32 Å². The van der Waals surface area contributed by atoms with Crippen molar-refractivity contribution < 1.29 is 4.79 Å². The monoisotopic (exact) mass is 501 g/mol. The van der Waals surface area contributed by atoms with E-state index < -0.39 is 5.41 Å². The van der Waals surface area contributed by atoms with Crippen molar-refractivity contribution in [1.82, 2.24) is 30.1 Å². The van der Waals surface area contributed by atoms with Crippen LogP contribution in [0.1, 0.15) is 26.3 Å². The van der Waals surface area contributed by atoms with Crippen LogP contribution in [0.15, 0.2) is 73.1 Å². The first-order valence-electron chi connectivity index (χ1n) is 12.4. The van der Waals surface area contributed by atoms with Crippen LogP contribution in [0.4, 0.5) is 5.69 Å². The Kier molecular flexibility index (Phi) is 5.52. The number of rotatable bonds is 4. The minimum Gasteiger partial charge on any atom is -0.336 e. The molecule has 0 spiro atoms. The number of hydrogen-bond acceptors (Lipinski definition) is 5. The third kappa shape index (κ3) is 4.30. The SMILES string of the molecule is Cc1cccc(-c2cccc3[nH]c(-c4n[nH]c5ccc(-c6cncc(NC(=O)C(C)(C)C)c6)nc45)nc23)c1. The highest BCUT2D eigenvalue weighted by atomic mass is 16.2. The molecule has 0 fully saturated rings. The van der Waals surface area contributed by atoms with Gasteiger partial charge in [-0.25, -0.2) is 9.97 Å². The van der Waals surface area contributed by atoms with E-state index >= 15 is 0 Å². The maximum atomic E-state index is 12.5. The number of imidazole rings is 1. The fourth-order valence-electron chi connectivity index (χ4n) is 4.38. The molecule has 0 aliphatic heterocycles. The van der Waals surface area contributed by atoms with E-state index in [1.807, 2.05) is 51.1 Å². The molecule has 0 aliphatic carbocycles. The lowest BCUT2D eigenvalue weighted by molar-refractivity contribution is -0.123. The average molecular weight is 502 g/mol. The van der Waals surface area contributed by atoms with Crippen LogP contribution in [0.5, 0.6) is 0 Å². The highest BCUT2D eigenvalue weighted by Crippen LogP contribution is 2.32.